The van der Waals surface area contributed by atoms with E-state index in [9.17, 15) is 15.8 Å². The molecule has 0 radical (unpaired) electrons. The van der Waals surface area contributed by atoms with Gasteiger partial charge in [-0.05, 0) is 25.0 Å². The summed E-state index contributed by atoms with van der Waals surface area (Å²) in [5.74, 6) is -1.36. The highest BCUT2D eigenvalue weighted by Gasteiger charge is 2.80. The zero-order valence-electron chi connectivity index (χ0n) is 16.2. The van der Waals surface area contributed by atoms with Gasteiger partial charge in [0.15, 0.2) is 10.8 Å². The van der Waals surface area contributed by atoms with Gasteiger partial charge in [0, 0.05) is 18.1 Å². The smallest absolute Gasteiger partial charge is 0.218 e. The van der Waals surface area contributed by atoms with Crippen LogP contribution >= 0.6 is 0 Å². The van der Waals surface area contributed by atoms with Crippen LogP contribution in [0, 0.1) is 56.2 Å². The molecule has 0 amide bonds. The van der Waals surface area contributed by atoms with Crippen LogP contribution < -0.4 is 9.47 Å². The van der Waals surface area contributed by atoms with Gasteiger partial charge in [-0.15, -0.1) is 0 Å². The van der Waals surface area contributed by atoms with Crippen molar-refractivity contribution in [3.05, 3.63) is 23.8 Å². The number of fused-ring (bicyclic) bond motifs is 2. The normalized spacial score (nSPS) is 34.0. The SMILES string of the molecule is COc1ccc([C@H]2O[C@@]34CCCC[C@H]3C(C#N)(C#N)[C@@]2(C#N)C(=N)O4)c(OC)c1. The molecule has 3 heterocycles. The van der Waals surface area contributed by atoms with E-state index in [1.165, 1.54) is 14.2 Å². The maximum absolute atomic E-state index is 10.3. The molecule has 4 aliphatic rings. The van der Waals surface area contributed by atoms with Crippen LogP contribution in [0.15, 0.2) is 18.2 Å². The van der Waals surface area contributed by atoms with Crippen molar-refractivity contribution in [3.63, 3.8) is 0 Å². The number of ether oxygens (including phenoxy) is 4. The molecular formula is C21H20N4O4. The van der Waals surface area contributed by atoms with E-state index in [0.29, 0.717) is 29.9 Å². The predicted octanol–water partition coefficient (Wildman–Crippen LogP) is 3.21. The molecule has 1 saturated carbocycles. The van der Waals surface area contributed by atoms with E-state index in [4.69, 9.17) is 24.4 Å². The van der Waals surface area contributed by atoms with Crippen molar-refractivity contribution in [2.75, 3.05) is 14.2 Å². The Morgan fingerprint density at radius 3 is 2.48 bits per heavy atom. The van der Waals surface area contributed by atoms with Crippen LogP contribution in [0.5, 0.6) is 11.5 Å². The average Bonchev–Trinajstić information content (AvgIpc) is 2.76. The van der Waals surface area contributed by atoms with E-state index in [1.54, 1.807) is 18.2 Å². The number of rotatable bonds is 3. The van der Waals surface area contributed by atoms with E-state index in [0.717, 1.165) is 12.8 Å². The van der Waals surface area contributed by atoms with Gasteiger partial charge >= 0.3 is 0 Å². The van der Waals surface area contributed by atoms with Gasteiger partial charge in [-0.25, -0.2) is 0 Å². The van der Waals surface area contributed by atoms with Crippen LogP contribution in [0.25, 0.3) is 0 Å². The molecule has 29 heavy (non-hydrogen) atoms. The quantitative estimate of drug-likeness (QED) is 0.835. The van der Waals surface area contributed by atoms with Crippen molar-refractivity contribution in [2.45, 2.75) is 37.6 Å². The Hall–Kier alpha value is -3.28. The molecule has 1 aliphatic carbocycles. The molecule has 1 spiro atoms. The lowest BCUT2D eigenvalue weighted by atomic mass is 9.48. The minimum Gasteiger partial charge on any atom is -0.497 e. The summed E-state index contributed by atoms with van der Waals surface area (Å²) in [6.45, 7) is 0. The summed E-state index contributed by atoms with van der Waals surface area (Å²) < 4.78 is 23.0. The molecule has 3 aliphatic heterocycles. The third kappa shape index (κ3) is 2.11. The first kappa shape index (κ1) is 19.1. The maximum Gasteiger partial charge on any atom is 0.218 e. The number of hydrogen-bond donors (Lipinski definition) is 1. The van der Waals surface area contributed by atoms with Crippen LogP contribution in [0.2, 0.25) is 0 Å². The lowest BCUT2D eigenvalue weighted by molar-refractivity contribution is -0.360. The van der Waals surface area contributed by atoms with E-state index in [1.807, 2.05) is 0 Å². The van der Waals surface area contributed by atoms with Gasteiger partial charge in [0.25, 0.3) is 0 Å². The van der Waals surface area contributed by atoms with Gasteiger partial charge in [-0.1, -0.05) is 6.42 Å². The number of nitrogens with zero attached hydrogens (tertiary/aromatic N) is 3. The Kier molecular flexibility index (Phi) is 4.19. The van der Waals surface area contributed by atoms with Gasteiger partial charge in [0.2, 0.25) is 11.7 Å². The fraction of sp³-hybridized carbons (Fsp3) is 0.524. The molecule has 8 heteroatoms. The highest BCUT2D eigenvalue weighted by atomic mass is 16.7. The number of methoxy groups -OCH3 is 2. The van der Waals surface area contributed by atoms with Crippen molar-refractivity contribution < 1.29 is 18.9 Å². The number of nitriles is 3. The summed E-state index contributed by atoms with van der Waals surface area (Å²) in [5, 5.41) is 39.3. The second kappa shape index (κ2) is 6.37. The first-order chi connectivity index (χ1) is 14.0. The summed E-state index contributed by atoms with van der Waals surface area (Å²) >= 11 is 0. The van der Waals surface area contributed by atoms with Gasteiger partial charge < -0.3 is 18.9 Å². The fourth-order valence-corrected chi connectivity index (χ4v) is 5.16. The molecule has 5 rings (SSSR count). The zero-order chi connectivity index (χ0) is 20.9. The maximum atomic E-state index is 10.3. The van der Waals surface area contributed by atoms with Crippen molar-refractivity contribution in [1.82, 2.24) is 0 Å². The molecule has 4 fully saturated rings. The van der Waals surface area contributed by atoms with E-state index in [2.05, 4.69) is 18.2 Å². The van der Waals surface area contributed by atoms with Crippen LogP contribution in [0.3, 0.4) is 0 Å². The van der Waals surface area contributed by atoms with Crippen molar-refractivity contribution in [3.8, 4) is 29.7 Å². The average molecular weight is 392 g/mol. The van der Waals surface area contributed by atoms with Crippen LogP contribution in [0.1, 0.15) is 37.4 Å². The summed E-state index contributed by atoms with van der Waals surface area (Å²) in [6, 6.07) is 11.4. The third-order valence-electron chi connectivity index (χ3n) is 6.54. The predicted molar refractivity (Wildman–Crippen MR) is 98.6 cm³/mol. The Labute approximate surface area is 168 Å². The minimum atomic E-state index is -1.91. The molecule has 148 valence electrons. The molecule has 0 unspecified atom stereocenters. The largest absolute Gasteiger partial charge is 0.497 e. The Bertz CT molecular complexity index is 989. The molecule has 3 saturated heterocycles. The topological polar surface area (TPSA) is 132 Å². The van der Waals surface area contributed by atoms with Crippen LogP contribution in [-0.4, -0.2) is 25.9 Å². The van der Waals surface area contributed by atoms with Crippen molar-refractivity contribution in [2.24, 2.45) is 16.7 Å². The fourth-order valence-electron chi connectivity index (χ4n) is 5.16. The van der Waals surface area contributed by atoms with Crippen LogP contribution in [-0.2, 0) is 9.47 Å². The summed E-state index contributed by atoms with van der Waals surface area (Å²) in [6.07, 6.45) is 1.48. The standard InChI is InChI=1S/C21H20N4O4/c1-26-13-6-7-14(15(9-13)27-2)17-20(12-24)18(25)29-21(28-17)8-4-3-5-16(21)19(20,10-22)11-23/h6-7,9,16-17,25H,3-5,8H2,1-2H3/t16-,17+,20+,21+/m0/s1. The van der Waals surface area contributed by atoms with Crippen molar-refractivity contribution in [1.29, 1.82) is 21.2 Å². The molecule has 1 N–H and O–H groups in total. The van der Waals surface area contributed by atoms with E-state index >= 15 is 0 Å². The van der Waals surface area contributed by atoms with Gasteiger partial charge in [-0.3, -0.25) is 5.41 Å². The number of benzene rings is 1. The first-order valence-electron chi connectivity index (χ1n) is 9.40. The summed E-state index contributed by atoms with van der Waals surface area (Å²) in [4.78, 5) is 0. The minimum absolute atomic E-state index is 0.387. The lowest BCUT2D eigenvalue weighted by Crippen LogP contribution is -2.73. The summed E-state index contributed by atoms with van der Waals surface area (Å²) in [7, 11) is 3.00. The second-order valence-electron chi connectivity index (χ2n) is 7.60. The van der Waals surface area contributed by atoms with Gasteiger partial charge in [-0.2, -0.15) is 15.8 Å². The highest BCUT2D eigenvalue weighted by Crippen LogP contribution is 2.69. The van der Waals surface area contributed by atoms with E-state index < -0.39 is 34.5 Å². The molecule has 1 aromatic carbocycles. The molecule has 4 atom stereocenters. The molecule has 0 aromatic heterocycles. The zero-order valence-corrected chi connectivity index (χ0v) is 16.2. The Balaban J connectivity index is 2.01. The third-order valence-corrected chi connectivity index (χ3v) is 6.54. The second-order valence-corrected chi connectivity index (χ2v) is 7.60. The number of hydrogen-bond acceptors (Lipinski definition) is 8. The molecular weight excluding hydrogens is 372 g/mol. The van der Waals surface area contributed by atoms with Crippen molar-refractivity contribution >= 4 is 5.90 Å². The Morgan fingerprint density at radius 2 is 1.86 bits per heavy atom. The first-order valence-corrected chi connectivity index (χ1v) is 9.40. The molecule has 1 aromatic rings. The van der Waals surface area contributed by atoms with Crippen LogP contribution in [0.4, 0.5) is 0 Å². The van der Waals surface area contributed by atoms with Gasteiger partial charge in [0.1, 0.15) is 17.6 Å². The Morgan fingerprint density at radius 1 is 1.10 bits per heavy atom. The lowest BCUT2D eigenvalue weighted by Gasteiger charge is -2.63. The summed E-state index contributed by atoms with van der Waals surface area (Å²) in [5.41, 5.74) is -3.21. The number of nitrogens with one attached hydrogen (secondary N) is 1. The monoisotopic (exact) mass is 392 g/mol. The van der Waals surface area contributed by atoms with E-state index in [-0.39, 0.29) is 0 Å². The molecule has 2 bridgehead atoms. The highest BCUT2D eigenvalue weighted by molar-refractivity contribution is 5.89. The van der Waals surface area contributed by atoms with Gasteiger partial charge in [0.05, 0.1) is 38.3 Å². The molecule has 8 nitrogen and oxygen atoms in total.